The Morgan fingerprint density at radius 2 is 2.13 bits per heavy atom. The van der Waals surface area contributed by atoms with Gasteiger partial charge in [0.05, 0.1) is 11.5 Å². The van der Waals surface area contributed by atoms with Gasteiger partial charge >= 0.3 is 0 Å². The number of rotatable bonds is 3. The van der Waals surface area contributed by atoms with E-state index in [0.29, 0.717) is 23.5 Å². The minimum Gasteiger partial charge on any atom is -0.454 e. The molecule has 3 rings (SSSR count). The van der Waals surface area contributed by atoms with E-state index in [4.69, 9.17) is 9.47 Å². The summed E-state index contributed by atoms with van der Waals surface area (Å²) in [5, 5.41) is 11.8. The van der Waals surface area contributed by atoms with E-state index in [9.17, 15) is 18.5 Å². The van der Waals surface area contributed by atoms with E-state index >= 15 is 0 Å². The zero-order valence-electron chi connectivity index (χ0n) is 12.1. The lowest BCUT2D eigenvalue weighted by Gasteiger charge is -2.09. The van der Waals surface area contributed by atoms with Gasteiger partial charge in [0.2, 0.25) is 6.79 Å². The van der Waals surface area contributed by atoms with Gasteiger partial charge in [-0.3, -0.25) is 4.79 Å². The van der Waals surface area contributed by atoms with Gasteiger partial charge in [-0.05, 0) is 30.2 Å². The highest BCUT2D eigenvalue weighted by atomic mass is 32.2. The highest BCUT2D eigenvalue weighted by Crippen LogP contribution is 2.33. The molecule has 1 amide bonds. The van der Waals surface area contributed by atoms with Gasteiger partial charge in [-0.1, -0.05) is 6.07 Å². The van der Waals surface area contributed by atoms with Crippen LogP contribution >= 0.6 is 0 Å². The summed E-state index contributed by atoms with van der Waals surface area (Å²) >= 11 is 0. The third-order valence-corrected chi connectivity index (χ3v) is 5.41. The smallest absolute Gasteiger partial charge is 0.262 e. The second kappa shape index (κ2) is 5.93. The van der Waals surface area contributed by atoms with Crippen LogP contribution in [0.3, 0.4) is 0 Å². The molecule has 2 heterocycles. The van der Waals surface area contributed by atoms with Crippen molar-refractivity contribution in [2.45, 2.75) is 12.5 Å². The van der Waals surface area contributed by atoms with E-state index in [1.165, 1.54) is 6.08 Å². The molecule has 0 spiro atoms. The molecular weight excluding hydrogens is 320 g/mol. The van der Waals surface area contributed by atoms with Crippen molar-refractivity contribution in [1.82, 2.24) is 5.32 Å². The van der Waals surface area contributed by atoms with E-state index in [-0.39, 0.29) is 23.9 Å². The summed E-state index contributed by atoms with van der Waals surface area (Å²) in [7, 11) is -3.09. The van der Waals surface area contributed by atoms with Crippen LogP contribution < -0.4 is 14.8 Å². The molecule has 7 nitrogen and oxygen atoms in total. The minimum atomic E-state index is -3.09. The Morgan fingerprint density at radius 3 is 2.83 bits per heavy atom. The molecule has 1 fully saturated rings. The summed E-state index contributed by atoms with van der Waals surface area (Å²) in [6.45, 7) is 0.143. The first-order valence-corrected chi connectivity index (χ1v) is 8.82. The van der Waals surface area contributed by atoms with Crippen LogP contribution in [0.15, 0.2) is 23.8 Å². The maximum absolute atomic E-state index is 12.1. The number of benzene rings is 1. The fraction of sp³-hybridized carbons (Fsp3) is 0.333. The second-order valence-electron chi connectivity index (χ2n) is 5.36. The molecule has 0 bridgehead atoms. The molecule has 0 aliphatic carbocycles. The maximum Gasteiger partial charge on any atom is 0.262 e. The number of ether oxygens (including phenoxy) is 2. The lowest BCUT2D eigenvalue weighted by atomic mass is 10.1. The van der Waals surface area contributed by atoms with Crippen LogP contribution in [0.25, 0.3) is 6.08 Å². The van der Waals surface area contributed by atoms with Crippen molar-refractivity contribution in [3.05, 3.63) is 29.3 Å². The zero-order chi connectivity index (χ0) is 16.4. The van der Waals surface area contributed by atoms with Gasteiger partial charge in [0.1, 0.15) is 11.6 Å². The Hall–Kier alpha value is -2.53. The lowest BCUT2D eigenvalue weighted by Crippen LogP contribution is -2.36. The molecule has 1 atom stereocenters. The molecular formula is C15H14N2O5S. The SMILES string of the molecule is N#C/C(=C\c1ccc2c(c1)OCO2)C(=O)N[C@@H]1CCS(=O)(=O)C1. The molecule has 1 aromatic rings. The van der Waals surface area contributed by atoms with Crippen molar-refractivity contribution in [2.75, 3.05) is 18.3 Å². The van der Waals surface area contributed by atoms with Gasteiger partial charge in [-0.15, -0.1) is 0 Å². The summed E-state index contributed by atoms with van der Waals surface area (Å²) in [5.74, 6) is 0.569. The standard InChI is InChI=1S/C15H14N2O5S/c16-7-11(15(18)17-12-3-4-23(19,20)8-12)5-10-1-2-13-14(6-10)22-9-21-13/h1-2,5-6,12H,3-4,8-9H2,(H,17,18)/b11-5+/t12-/m1/s1. The molecule has 2 aliphatic rings. The second-order valence-corrected chi connectivity index (χ2v) is 7.58. The molecule has 0 aromatic heterocycles. The Morgan fingerprint density at radius 1 is 1.35 bits per heavy atom. The average molecular weight is 334 g/mol. The fourth-order valence-corrected chi connectivity index (χ4v) is 4.16. The number of hydrogen-bond acceptors (Lipinski definition) is 6. The quantitative estimate of drug-likeness (QED) is 0.642. The van der Waals surface area contributed by atoms with Gasteiger partial charge in [0, 0.05) is 6.04 Å². The van der Waals surface area contributed by atoms with Gasteiger partial charge in [0.15, 0.2) is 21.3 Å². The number of fused-ring (bicyclic) bond motifs is 1. The Kier molecular flexibility index (Phi) is 3.96. The van der Waals surface area contributed by atoms with E-state index < -0.39 is 21.8 Å². The number of carbonyl (C=O) groups excluding carboxylic acids is 1. The average Bonchev–Trinajstić information content (AvgIpc) is 3.10. The first-order valence-electron chi connectivity index (χ1n) is 6.99. The molecule has 0 radical (unpaired) electrons. The van der Waals surface area contributed by atoms with Crippen molar-refractivity contribution in [1.29, 1.82) is 5.26 Å². The number of nitrogens with zero attached hydrogens (tertiary/aromatic N) is 1. The van der Waals surface area contributed by atoms with Crippen LogP contribution in [0.1, 0.15) is 12.0 Å². The fourth-order valence-electron chi connectivity index (χ4n) is 2.49. The van der Waals surface area contributed by atoms with E-state index in [2.05, 4.69) is 5.32 Å². The van der Waals surface area contributed by atoms with Crippen LogP contribution in [0.5, 0.6) is 11.5 Å². The van der Waals surface area contributed by atoms with Crippen molar-refractivity contribution >= 4 is 21.8 Å². The Bertz CT molecular complexity index is 823. The van der Waals surface area contributed by atoms with Gasteiger partial charge < -0.3 is 14.8 Å². The molecule has 1 saturated heterocycles. The third kappa shape index (κ3) is 3.46. The normalized spacial score (nSPS) is 21.7. The molecule has 2 aliphatic heterocycles. The number of carbonyl (C=O) groups is 1. The maximum atomic E-state index is 12.1. The van der Waals surface area contributed by atoms with Crippen molar-refractivity contribution in [3.63, 3.8) is 0 Å². The highest BCUT2D eigenvalue weighted by Gasteiger charge is 2.29. The highest BCUT2D eigenvalue weighted by molar-refractivity contribution is 7.91. The molecule has 1 aromatic carbocycles. The molecule has 1 N–H and O–H groups in total. The molecule has 0 unspecified atom stereocenters. The summed E-state index contributed by atoms with van der Waals surface area (Å²) < 4.78 is 33.2. The lowest BCUT2D eigenvalue weighted by molar-refractivity contribution is -0.117. The number of nitrogens with one attached hydrogen (secondary N) is 1. The predicted molar refractivity (Wildman–Crippen MR) is 81.4 cm³/mol. The first-order chi connectivity index (χ1) is 11.0. The Labute approximate surface area is 133 Å². The molecule has 0 saturated carbocycles. The van der Waals surface area contributed by atoms with E-state index in [0.717, 1.165) is 0 Å². The van der Waals surface area contributed by atoms with Crippen LogP contribution in [-0.4, -0.2) is 38.7 Å². The number of nitriles is 1. The van der Waals surface area contributed by atoms with Crippen LogP contribution in [0, 0.1) is 11.3 Å². The van der Waals surface area contributed by atoms with E-state index in [1.54, 1.807) is 18.2 Å². The largest absolute Gasteiger partial charge is 0.454 e. The minimum absolute atomic E-state index is 0.0612. The van der Waals surface area contributed by atoms with Crippen LogP contribution in [0.4, 0.5) is 0 Å². The zero-order valence-corrected chi connectivity index (χ0v) is 12.9. The molecule has 23 heavy (non-hydrogen) atoms. The van der Waals surface area contributed by atoms with E-state index in [1.807, 2.05) is 6.07 Å². The van der Waals surface area contributed by atoms with Gasteiger partial charge in [0.25, 0.3) is 5.91 Å². The molecule has 120 valence electrons. The number of hydrogen-bond donors (Lipinski definition) is 1. The van der Waals surface area contributed by atoms with Crippen LogP contribution in [-0.2, 0) is 14.6 Å². The van der Waals surface area contributed by atoms with Crippen LogP contribution in [0.2, 0.25) is 0 Å². The van der Waals surface area contributed by atoms with Gasteiger partial charge in [-0.25, -0.2) is 8.42 Å². The third-order valence-electron chi connectivity index (χ3n) is 3.64. The summed E-state index contributed by atoms with van der Waals surface area (Å²) in [5.41, 5.74) is 0.535. The monoisotopic (exact) mass is 334 g/mol. The first kappa shape index (κ1) is 15.4. The predicted octanol–water partition coefficient (Wildman–Crippen LogP) is 0.626. The van der Waals surface area contributed by atoms with Crippen molar-refractivity contribution < 1.29 is 22.7 Å². The topological polar surface area (TPSA) is 105 Å². The van der Waals surface area contributed by atoms with Crippen molar-refractivity contribution in [3.8, 4) is 17.6 Å². The Balaban J connectivity index is 1.74. The molecule has 8 heteroatoms. The van der Waals surface area contributed by atoms with Gasteiger partial charge in [-0.2, -0.15) is 5.26 Å². The summed E-state index contributed by atoms with van der Waals surface area (Å²) in [4.78, 5) is 12.1. The van der Waals surface area contributed by atoms with Crippen molar-refractivity contribution in [2.24, 2.45) is 0 Å². The summed E-state index contributed by atoms with van der Waals surface area (Å²) in [6, 6.07) is 6.48. The summed E-state index contributed by atoms with van der Waals surface area (Å²) in [6.07, 6.45) is 1.80. The number of sulfone groups is 1. The number of amides is 1.